The van der Waals surface area contributed by atoms with E-state index < -0.39 is 0 Å². The average molecular weight is 317 g/mol. The molecule has 3 rings (SSSR count). The van der Waals surface area contributed by atoms with Crippen LogP contribution < -0.4 is 10.1 Å². The Morgan fingerprint density at radius 2 is 1.58 bits per heavy atom. The van der Waals surface area contributed by atoms with Crippen LogP contribution in [0.2, 0.25) is 0 Å². The van der Waals surface area contributed by atoms with E-state index in [-0.39, 0.29) is 5.91 Å². The smallest absolute Gasteiger partial charge is 0.251 e. The quantitative estimate of drug-likeness (QED) is 0.739. The first kappa shape index (κ1) is 15.8. The van der Waals surface area contributed by atoms with Crippen LogP contribution in [0.3, 0.4) is 0 Å². The van der Waals surface area contributed by atoms with Crippen molar-refractivity contribution in [1.82, 2.24) is 5.32 Å². The van der Waals surface area contributed by atoms with Gasteiger partial charge in [0.15, 0.2) is 0 Å². The van der Waals surface area contributed by atoms with Gasteiger partial charge in [-0.25, -0.2) is 0 Å². The van der Waals surface area contributed by atoms with Crippen LogP contribution in [0.4, 0.5) is 0 Å². The van der Waals surface area contributed by atoms with Crippen LogP contribution in [-0.4, -0.2) is 5.91 Å². The second-order valence-corrected chi connectivity index (χ2v) is 5.55. The SMILES string of the molecule is Cc1ccccc1CNC(=O)c1cccc(Oc2ccccc2)c1. The van der Waals surface area contributed by atoms with Crippen LogP contribution in [0.5, 0.6) is 11.5 Å². The molecule has 1 amide bonds. The number of benzene rings is 3. The molecule has 3 heteroatoms. The molecule has 0 fully saturated rings. The molecule has 0 aliphatic carbocycles. The van der Waals surface area contributed by atoms with Gasteiger partial charge in [0, 0.05) is 12.1 Å². The zero-order valence-corrected chi connectivity index (χ0v) is 13.5. The monoisotopic (exact) mass is 317 g/mol. The van der Waals surface area contributed by atoms with Gasteiger partial charge < -0.3 is 10.1 Å². The fourth-order valence-corrected chi connectivity index (χ4v) is 2.41. The summed E-state index contributed by atoms with van der Waals surface area (Å²) in [5, 5.41) is 2.95. The third kappa shape index (κ3) is 4.02. The molecule has 0 saturated carbocycles. The number of carbonyl (C=O) groups excluding carboxylic acids is 1. The molecule has 120 valence electrons. The standard InChI is InChI=1S/C21H19NO2/c1-16-8-5-6-9-18(16)15-22-21(23)17-10-7-13-20(14-17)24-19-11-3-2-4-12-19/h2-14H,15H2,1H3,(H,22,23). The van der Waals surface area contributed by atoms with Crippen molar-refractivity contribution in [2.45, 2.75) is 13.5 Å². The molecule has 0 atom stereocenters. The molecule has 0 bridgehead atoms. The lowest BCUT2D eigenvalue weighted by Gasteiger charge is -2.10. The van der Waals surface area contributed by atoms with Crippen LogP contribution >= 0.6 is 0 Å². The molecule has 0 radical (unpaired) electrons. The Balaban J connectivity index is 1.67. The molecule has 0 aliphatic heterocycles. The Morgan fingerprint density at radius 3 is 2.38 bits per heavy atom. The molecule has 0 aliphatic rings. The van der Waals surface area contributed by atoms with Crippen LogP contribution in [0.25, 0.3) is 0 Å². The van der Waals surface area contributed by atoms with Gasteiger partial charge in [-0.3, -0.25) is 4.79 Å². The molecule has 24 heavy (non-hydrogen) atoms. The maximum atomic E-state index is 12.4. The Kier molecular flexibility index (Phi) is 4.92. The molecule has 0 spiro atoms. The lowest BCUT2D eigenvalue weighted by molar-refractivity contribution is 0.0950. The average Bonchev–Trinajstić information content (AvgIpc) is 2.62. The summed E-state index contributed by atoms with van der Waals surface area (Å²) in [6.07, 6.45) is 0. The van der Waals surface area contributed by atoms with E-state index in [0.29, 0.717) is 17.9 Å². The van der Waals surface area contributed by atoms with E-state index >= 15 is 0 Å². The third-order valence-electron chi connectivity index (χ3n) is 3.78. The minimum Gasteiger partial charge on any atom is -0.457 e. The molecule has 0 unspecified atom stereocenters. The van der Waals surface area contributed by atoms with E-state index in [1.165, 1.54) is 5.56 Å². The van der Waals surface area contributed by atoms with E-state index in [4.69, 9.17) is 4.74 Å². The highest BCUT2D eigenvalue weighted by molar-refractivity contribution is 5.94. The molecular formula is C21H19NO2. The molecule has 0 heterocycles. The Labute approximate surface area is 141 Å². The van der Waals surface area contributed by atoms with Crippen molar-refractivity contribution in [3.63, 3.8) is 0 Å². The Bertz CT molecular complexity index is 828. The number of rotatable bonds is 5. The maximum Gasteiger partial charge on any atom is 0.251 e. The van der Waals surface area contributed by atoms with Crippen molar-refractivity contribution in [2.75, 3.05) is 0 Å². The largest absolute Gasteiger partial charge is 0.457 e. The van der Waals surface area contributed by atoms with Gasteiger partial charge in [-0.2, -0.15) is 0 Å². The van der Waals surface area contributed by atoms with Crippen molar-refractivity contribution in [2.24, 2.45) is 0 Å². The molecular weight excluding hydrogens is 298 g/mol. The van der Waals surface area contributed by atoms with E-state index in [2.05, 4.69) is 5.32 Å². The van der Waals surface area contributed by atoms with Gasteiger partial charge in [-0.1, -0.05) is 48.5 Å². The minimum atomic E-state index is -0.114. The summed E-state index contributed by atoms with van der Waals surface area (Å²) < 4.78 is 5.77. The van der Waals surface area contributed by atoms with Crippen LogP contribution in [-0.2, 0) is 6.54 Å². The van der Waals surface area contributed by atoms with Crippen molar-refractivity contribution >= 4 is 5.91 Å². The van der Waals surface area contributed by atoms with Gasteiger partial charge in [0.1, 0.15) is 11.5 Å². The van der Waals surface area contributed by atoms with E-state index in [1.54, 1.807) is 12.1 Å². The Morgan fingerprint density at radius 1 is 0.875 bits per heavy atom. The number of ether oxygens (including phenoxy) is 1. The number of para-hydroxylation sites is 1. The highest BCUT2D eigenvalue weighted by atomic mass is 16.5. The number of amides is 1. The minimum absolute atomic E-state index is 0.114. The number of hydrogen-bond acceptors (Lipinski definition) is 2. The highest BCUT2D eigenvalue weighted by Crippen LogP contribution is 2.21. The predicted molar refractivity (Wildman–Crippen MR) is 95.3 cm³/mol. The van der Waals surface area contributed by atoms with E-state index in [0.717, 1.165) is 11.3 Å². The van der Waals surface area contributed by atoms with Crippen molar-refractivity contribution in [3.8, 4) is 11.5 Å². The second-order valence-electron chi connectivity index (χ2n) is 5.55. The normalized spacial score (nSPS) is 10.2. The molecule has 3 aromatic rings. The number of carbonyl (C=O) groups is 1. The van der Waals surface area contributed by atoms with E-state index in [9.17, 15) is 4.79 Å². The van der Waals surface area contributed by atoms with Gasteiger partial charge in [-0.15, -0.1) is 0 Å². The zero-order chi connectivity index (χ0) is 16.8. The van der Waals surface area contributed by atoms with Gasteiger partial charge in [0.2, 0.25) is 0 Å². The van der Waals surface area contributed by atoms with Gasteiger partial charge in [0.05, 0.1) is 0 Å². The first-order valence-electron chi connectivity index (χ1n) is 7.88. The van der Waals surface area contributed by atoms with Gasteiger partial charge in [-0.05, 0) is 48.4 Å². The predicted octanol–water partition coefficient (Wildman–Crippen LogP) is 4.72. The summed E-state index contributed by atoms with van der Waals surface area (Å²) in [6, 6.07) is 24.7. The summed E-state index contributed by atoms with van der Waals surface area (Å²) in [7, 11) is 0. The topological polar surface area (TPSA) is 38.3 Å². The van der Waals surface area contributed by atoms with Gasteiger partial charge >= 0.3 is 0 Å². The number of hydrogen-bond donors (Lipinski definition) is 1. The van der Waals surface area contributed by atoms with Crippen LogP contribution in [0.15, 0.2) is 78.9 Å². The summed E-state index contributed by atoms with van der Waals surface area (Å²) in [6.45, 7) is 2.55. The van der Waals surface area contributed by atoms with E-state index in [1.807, 2.05) is 73.7 Å². The molecule has 0 saturated heterocycles. The first-order valence-corrected chi connectivity index (χ1v) is 7.88. The fraction of sp³-hybridized carbons (Fsp3) is 0.0952. The third-order valence-corrected chi connectivity index (χ3v) is 3.78. The molecule has 3 aromatic carbocycles. The molecule has 1 N–H and O–H groups in total. The van der Waals surface area contributed by atoms with Gasteiger partial charge in [0.25, 0.3) is 5.91 Å². The number of aryl methyl sites for hydroxylation is 1. The number of nitrogens with one attached hydrogen (secondary N) is 1. The molecule has 3 nitrogen and oxygen atoms in total. The Hall–Kier alpha value is -3.07. The van der Waals surface area contributed by atoms with Crippen molar-refractivity contribution < 1.29 is 9.53 Å². The first-order chi connectivity index (χ1) is 11.7. The lowest BCUT2D eigenvalue weighted by Crippen LogP contribution is -2.23. The maximum absolute atomic E-state index is 12.4. The molecule has 0 aromatic heterocycles. The second kappa shape index (κ2) is 7.47. The lowest BCUT2D eigenvalue weighted by atomic mass is 10.1. The van der Waals surface area contributed by atoms with Crippen LogP contribution in [0.1, 0.15) is 21.5 Å². The van der Waals surface area contributed by atoms with Crippen molar-refractivity contribution in [1.29, 1.82) is 0 Å². The highest BCUT2D eigenvalue weighted by Gasteiger charge is 2.08. The summed E-state index contributed by atoms with van der Waals surface area (Å²) in [4.78, 5) is 12.4. The summed E-state index contributed by atoms with van der Waals surface area (Å²) in [5.74, 6) is 1.27. The summed E-state index contributed by atoms with van der Waals surface area (Å²) >= 11 is 0. The van der Waals surface area contributed by atoms with Crippen LogP contribution in [0, 0.1) is 6.92 Å². The van der Waals surface area contributed by atoms with Crippen molar-refractivity contribution in [3.05, 3.63) is 95.6 Å². The fourth-order valence-electron chi connectivity index (χ4n) is 2.41. The summed E-state index contributed by atoms with van der Waals surface area (Å²) in [5.41, 5.74) is 2.86. The zero-order valence-electron chi connectivity index (χ0n) is 13.5.